The Hall–Kier alpha value is -3.26. The molecule has 2 aliphatic rings. The van der Waals surface area contributed by atoms with E-state index in [2.05, 4.69) is 0 Å². The lowest BCUT2D eigenvalue weighted by Gasteiger charge is -2.47. The number of hydrogen-bond donors (Lipinski definition) is 1. The van der Waals surface area contributed by atoms with Crippen molar-refractivity contribution in [2.45, 2.75) is 106 Å². The van der Waals surface area contributed by atoms with Gasteiger partial charge < -0.3 is 9.53 Å². The Kier molecular flexibility index (Phi) is 13.0. The van der Waals surface area contributed by atoms with E-state index in [0.717, 1.165) is 15.1 Å². The van der Waals surface area contributed by atoms with Crippen LogP contribution in [0.15, 0.2) is 82.6 Å². The number of nitrogens with zero attached hydrogens (tertiary/aromatic N) is 2. The lowest BCUT2D eigenvalue weighted by Crippen LogP contribution is -2.57. The predicted octanol–water partition coefficient (Wildman–Crippen LogP) is 13.5. The van der Waals surface area contributed by atoms with Crippen molar-refractivity contribution in [1.29, 1.82) is 0 Å². The zero-order valence-corrected chi connectivity index (χ0v) is 42.0. The summed E-state index contributed by atoms with van der Waals surface area (Å²) in [5.74, 6) is -2.31. The van der Waals surface area contributed by atoms with Crippen molar-refractivity contribution >= 4 is 96.6 Å². The summed E-state index contributed by atoms with van der Waals surface area (Å²) < 4.78 is 151. The molecule has 4 unspecified atom stereocenters. The number of rotatable bonds is 6. The second-order valence-electron chi connectivity index (χ2n) is 17.9. The largest absolute Gasteiger partial charge is 0.423 e. The molecule has 66 heavy (non-hydrogen) atoms. The van der Waals surface area contributed by atoms with Crippen molar-refractivity contribution in [2.75, 3.05) is 0 Å². The summed E-state index contributed by atoms with van der Waals surface area (Å²) in [6, 6.07) is 17.2. The molecular formula is C45H44Cl4F6N2O6S2Si. The maximum absolute atomic E-state index is 15.2. The second-order valence-corrected chi connectivity index (χ2v) is 27.5. The number of hydrogen-bond acceptors (Lipinski definition) is 6. The molecule has 0 spiro atoms. The van der Waals surface area contributed by atoms with E-state index in [1.54, 1.807) is 57.8 Å². The molecule has 0 saturated heterocycles. The van der Waals surface area contributed by atoms with E-state index in [-0.39, 0.29) is 88.5 Å². The minimum Gasteiger partial charge on any atom is -0.399 e. The zero-order chi connectivity index (χ0) is 49.1. The van der Waals surface area contributed by atoms with Gasteiger partial charge in [0.25, 0.3) is 20.0 Å². The molecule has 0 saturated carbocycles. The first-order valence-corrected chi connectivity index (χ1v) is 28.4. The van der Waals surface area contributed by atoms with Gasteiger partial charge in [0.15, 0.2) is 13.9 Å². The molecule has 6 aromatic rings. The van der Waals surface area contributed by atoms with E-state index >= 15 is 13.2 Å². The van der Waals surface area contributed by atoms with E-state index in [4.69, 9.17) is 50.8 Å². The van der Waals surface area contributed by atoms with Gasteiger partial charge in [-0.05, 0) is 131 Å². The molecule has 8 nitrogen and oxygen atoms in total. The lowest BCUT2D eigenvalue weighted by molar-refractivity contribution is -0.289. The van der Waals surface area contributed by atoms with Crippen LogP contribution in [0.25, 0.3) is 21.8 Å². The highest BCUT2D eigenvalue weighted by Gasteiger charge is 2.66. The number of fused-ring (bicyclic) bond motifs is 6. The third kappa shape index (κ3) is 7.99. The van der Waals surface area contributed by atoms with Crippen LogP contribution < -0.4 is 0 Å². The maximum atomic E-state index is 15.2. The first-order valence-electron chi connectivity index (χ1n) is 20.6. The van der Waals surface area contributed by atoms with Gasteiger partial charge in [0.1, 0.15) is 0 Å². The summed E-state index contributed by atoms with van der Waals surface area (Å²) in [5.41, 5.74) is -5.53. The van der Waals surface area contributed by atoms with E-state index in [9.17, 15) is 35.1 Å². The Balaban J connectivity index is 0.000000198. The van der Waals surface area contributed by atoms with Crippen LogP contribution in [0.2, 0.25) is 39.7 Å². The third-order valence-corrected chi connectivity index (χ3v) is 18.4. The topological polar surface area (TPSA) is 108 Å². The van der Waals surface area contributed by atoms with Gasteiger partial charge in [-0.2, -0.15) is 26.3 Å². The lowest BCUT2D eigenvalue weighted by atomic mass is 9.74. The van der Waals surface area contributed by atoms with Crippen LogP contribution in [0.4, 0.5) is 26.3 Å². The van der Waals surface area contributed by atoms with Gasteiger partial charge in [0, 0.05) is 10.8 Å². The van der Waals surface area contributed by atoms with Gasteiger partial charge >= 0.3 is 12.4 Å². The molecule has 4 aromatic carbocycles. The minimum atomic E-state index is -5.12. The third-order valence-electron chi connectivity index (χ3n) is 12.4. The molecule has 0 aliphatic heterocycles. The Labute approximate surface area is 399 Å². The van der Waals surface area contributed by atoms with Crippen molar-refractivity contribution < 1.29 is 52.7 Å². The fourth-order valence-electron chi connectivity index (χ4n) is 9.21. The van der Waals surface area contributed by atoms with E-state index in [1.165, 1.54) is 62.4 Å². The molecule has 0 bridgehead atoms. The number of alkyl halides is 6. The molecular weight excluding hydrogens is 1010 g/mol. The van der Waals surface area contributed by atoms with Crippen LogP contribution >= 0.6 is 46.4 Å². The second kappa shape index (κ2) is 17.0. The summed E-state index contributed by atoms with van der Waals surface area (Å²) in [7, 11) is -11.8. The van der Waals surface area contributed by atoms with E-state index < -0.39 is 75.1 Å². The molecule has 0 fully saturated rings. The highest BCUT2D eigenvalue weighted by Crippen LogP contribution is 2.58. The Bertz CT molecular complexity index is 3140. The highest BCUT2D eigenvalue weighted by molar-refractivity contribution is 7.90. The van der Waals surface area contributed by atoms with Crippen molar-refractivity contribution in [3.05, 3.63) is 127 Å². The maximum Gasteiger partial charge on any atom is 0.423 e. The average molecular weight is 1060 g/mol. The molecule has 0 amide bonds. The van der Waals surface area contributed by atoms with Gasteiger partial charge in [0.2, 0.25) is 5.60 Å². The molecule has 2 aromatic heterocycles. The molecule has 2 aliphatic carbocycles. The fraction of sp³-hybridized carbons (Fsp3) is 0.378. The van der Waals surface area contributed by atoms with Crippen LogP contribution in [-0.2, 0) is 48.5 Å². The molecule has 8 rings (SSSR count). The number of benzene rings is 4. The molecule has 4 atom stereocenters. The van der Waals surface area contributed by atoms with Crippen LogP contribution in [0, 0.1) is 25.7 Å². The van der Waals surface area contributed by atoms with Crippen LogP contribution in [-0.4, -0.2) is 50.6 Å². The smallest absolute Gasteiger partial charge is 0.399 e. The molecule has 356 valence electrons. The number of aromatic nitrogens is 2. The van der Waals surface area contributed by atoms with Crippen molar-refractivity contribution in [3.8, 4) is 0 Å². The quantitative estimate of drug-likeness (QED) is 0.132. The van der Waals surface area contributed by atoms with E-state index in [0.29, 0.717) is 3.97 Å². The zero-order valence-electron chi connectivity index (χ0n) is 36.4. The van der Waals surface area contributed by atoms with Gasteiger partial charge in [-0.15, -0.1) is 0 Å². The standard InChI is InChI=1S/C24H26Cl2F3NO3SSi.C21H18Cl2F3NO3S/c1-14-6-9-16(10-7-14)34(31,32)30-19-13-12-18(25)21(26)20(19)17-11-8-15(2)23(22(17)30,24(27,28)29)33-35(3,4)5;1-11-3-6-13(7-4-11)31(29,30)27-16-10-9-15(22)18(23)17(16)14-8-5-12(2)20(28,19(14)27)21(24,25)26/h6-7,9-10,12-13,15H,8,11H2,1-5H3;3-4,6-7,9-10,12,28H,5,8H2,1-2H3. The first kappa shape index (κ1) is 50.6. The van der Waals surface area contributed by atoms with Crippen LogP contribution in [0.1, 0.15) is 60.3 Å². The van der Waals surface area contributed by atoms with Crippen molar-refractivity contribution in [2.24, 2.45) is 11.8 Å². The monoisotopic (exact) mass is 1050 g/mol. The SMILES string of the molecule is Cc1ccc(S(=O)(=O)n2c3c(c4c(Cl)c(Cl)ccc42)CCC(C)C3(O)C(F)(F)F)cc1.Cc1ccc(S(=O)(=O)n2c3c(c4c(Cl)c(Cl)ccc42)CCC(C)C3(O[Si](C)(C)C)C(F)(F)F)cc1. The Morgan fingerprint density at radius 1 is 0.621 bits per heavy atom. The Morgan fingerprint density at radius 3 is 1.38 bits per heavy atom. The number of aryl methyl sites for hydroxylation is 4. The van der Waals surface area contributed by atoms with Crippen LogP contribution in [0.3, 0.4) is 0 Å². The Morgan fingerprint density at radius 2 is 1.00 bits per heavy atom. The normalized spacial score (nSPS) is 21.7. The van der Waals surface area contributed by atoms with E-state index in [1.807, 2.05) is 0 Å². The number of halogens is 10. The molecule has 21 heteroatoms. The van der Waals surface area contributed by atoms with Crippen molar-refractivity contribution in [3.63, 3.8) is 0 Å². The molecule has 0 radical (unpaired) electrons. The average Bonchev–Trinajstić information content (AvgIpc) is 3.75. The van der Waals surface area contributed by atoms with Crippen LogP contribution in [0.5, 0.6) is 0 Å². The first-order chi connectivity index (χ1) is 30.3. The van der Waals surface area contributed by atoms with Gasteiger partial charge in [-0.1, -0.05) is 95.6 Å². The summed E-state index contributed by atoms with van der Waals surface area (Å²) >= 11 is 25.2. The van der Waals surface area contributed by atoms with Gasteiger partial charge in [0.05, 0.1) is 52.3 Å². The summed E-state index contributed by atoms with van der Waals surface area (Å²) in [6.45, 7) is 11.3. The van der Waals surface area contributed by atoms with Crippen molar-refractivity contribution in [1.82, 2.24) is 7.94 Å². The summed E-state index contributed by atoms with van der Waals surface area (Å²) in [6.07, 6.45) is -9.56. The number of aliphatic hydroxyl groups is 1. The molecule has 1 N–H and O–H groups in total. The predicted molar refractivity (Wildman–Crippen MR) is 249 cm³/mol. The molecule has 2 heterocycles. The highest BCUT2D eigenvalue weighted by atomic mass is 35.5. The summed E-state index contributed by atoms with van der Waals surface area (Å²) in [4.78, 5) is -0.331. The van der Waals surface area contributed by atoms with Gasteiger partial charge in [-0.3, -0.25) is 0 Å². The minimum absolute atomic E-state index is 0.00442. The summed E-state index contributed by atoms with van der Waals surface area (Å²) in [5, 5.41) is 11.5. The fourth-order valence-corrected chi connectivity index (χ4v) is 14.6. The van der Waals surface area contributed by atoms with Gasteiger partial charge in [-0.25, -0.2) is 24.8 Å².